The first-order valence-corrected chi connectivity index (χ1v) is 5.63. The second-order valence-electron chi connectivity index (χ2n) is 4.19. The van der Waals surface area contributed by atoms with Gasteiger partial charge in [-0.05, 0) is 24.6 Å². The predicted molar refractivity (Wildman–Crippen MR) is 72.7 cm³/mol. The molecule has 6 heteroatoms. The average Bonchev–Trinajstić information content (AvgIpc) is 2.72. The lowest BCUT2D eigenvalue weighted by Crippen LogP contribution is -2.22. The fourth-order valence-electron chi connectivity index (χ4n) is 1.84. The predicted octanol–water partition coefficient (Wildman–Crippen LogP) is 1.58. The van der Waals surface area contributed by atoms with Crippen molar-refractivity contribution in [3.05, 3.63) is 41.5 Å². The minimum atomic E-state index is -0.764. The number of rotatable bonds is 3. The topological polar surface area (TPSA) is 114 Å². The molecule has 0 bridgehead atoms. The number of carbonyl (C=O) groups excluding carboxylic acids is 2. The Kier molecular flexibility index (Phi) is 3.24. The Hall–Kier alpha value is -2.76. The van der Waals surface area contributed by atoms with Gasteiger partial charge in [-0.3, -0.25) is 10.1 Å². The minimum Gasteiger partial charge on any atom is -0.365 e. The van der Waals surface area contributed by atoms with Gasteiger partial charge in [0, 0.05) is 5.69 Å². The van der Waals surface area contributed by atoms with Crippen LogP contribution in [0.15, 0.2) is 30.3 Å². The van der Waals surface area contributed by atoms with Crippen molar-refractivity contribution in [2.24, 2.45) is 11.5 Å². The summed E-state index contributed by atoms with van der Waals surface area (Å²) in [7, 11) is 0. The molecule has 6 N–H and O–H groups in total. The Morgan fingerprint density at radius 2 is 1.95 bits per heavy atom. The smallest absolute Gasteiger partial charge is 0.317 e. The van der Waals surface area contributed by atoms with Gasteiger partial charge in [-0.1, -0.05) is 23.8 Å². The molecule has 0 radical (unpaired) electrons. The monoisotopic (exact) mass is 258 g/mol. The molecule has 0 spiro atoms. The number of aromatic nitrogens is 1. The van der Waals surface area contributed by atoms with Crippen LogP contribution in [-0.2, 0) is 0 Å². The molecule has 98 valence electrons. The maximum absolute atomic E-state index is 11.3. The summed E-state index contributed by atoms with van der Waals surface area (Å²) >= 11 is 0. The maximum atomic E-state index is 11.3. The number of H-pyrrole nitrogens is 1. The van der Waals surface area contributed by atoms with Crippen LogP contribution in [-0.4, -0.2) is 16.9 Å². The molecule has 0 saturated carbocycles. The number of carbonyl (C=O) groups is 2. The Morgan fingerprint density at radius 3 is 2.53 bits per heavy atom. The van der Waals surface area contributed by atoms with Crippen LogP contribution in [0.2, 0.25) is 0 Å². The van der Waals surface area contributed by atoms with E-state index in [0.717, 1.165) is 11.1 Å². The Labute approximate surface area is 109 Å². The lowest BCUT2D eigenvalue weighted by Gasteiger charge is -2.01. The molecular formula is C13H14N4O2. The van der Waals surface area contributed by atoms with Gasteiger partial charge in [0.1, 0.15) is 5.82 Å². The van der Waals surface area contributed by atoms with Crippen molar-refractivity contribution >= 4 is 17.8 Å². The first-order chi connectivity index (χ1) is 8.97. The average molecular weight is 258 g/mol. The number of aryl methyl sites for hydroxylation is 1. The van der Waals surface area contributed by atoms with E-state index in [-0.39, 0.29) is 11.4 Å². The number of amides is 3. The molecule has 0 aliphatic rings. The van der Waals surface area contributed by atoms with E-state index in [0.29, 0.717) is 5.69 Å². The molecule has 6 nitrogen and oxygen atoms in total. The number of benzene rings is 1. The molecule has 2 aromatic rings. The number of primary amides is 2. The number of nitrogens with one attached hydrogen (secondary N) is 2. The molecule has 1 heterocycles. The zero-order chi connectivity index (χ0) is 14.0. The lowest BCUT2D eigenvalue weighted by atomic mass is 10.1. The Balaban J connectivity index is 2.48. The highest BCUT2D eigenvalue weighted by molar-refractivity contribution is 6.02. The molecule has 0 atom stereocenters. The number of nitrogens with two attached hydrogens (primary N) is 2. The highest BCUT2D eigenvalue weighted by Gasteiger charge is 2.15. The third-order valence-corrected chi connectivity index (χ3v) is 2.66. The van der Waals surface area contributed by atoms with E-state index in [9.17, 15) is 9.59 Å². The van der Waals surface area contributed by atoms with Gasteiger partial charge >= 0.3 is 6.03 Å². The third kappa shape index (κ3) is 2.74. The van der Waals surface area contributed by atoms with E-state index in [1.807, 2.05) is 31.2 Å². The van der Waals surface area contributed by atoms with Gasteiger partial charge in [0.25, 0.3) is 5.91 Å². The molecule has 3 amide bonds. The second-order valence-corrected chi connectivity index (χ2v) is 4.19. The number of anilines is 1. The molecule has 0 saturated heterocycles. The number of hydrogen-bond donors (Lipinski definition) is 4. The highest BCUT2D eigenvalue weighted by Crippen LogP contribution is 2.25. The second kappa shape index (κ2) is 4.85. The van der Waals surface area contributed by atoms with Crippen LogP contribution in [0.4, 0.5) is 10.6 Å². The van der Waals surface area contributed by atoms with Gasteiger partial charge in [0.2, 0.25) is 0 Å². The van der Waals surface area contributed by atoms with Crippen molar-refractivity contribution in [1.29, 1.82) is 0 Å². The van der Waals surface area contributed by atoms with Crippen LogP contribution in [0.25, 0.3) is 11.3 Å². The van der Waals surface area contributed by atoms with Crippen molar-refractivity contribution in [2.75, 3.05) is 5.32 Å². The standard InChI is InChI=1S/C13H14N4O2/c1-7-3-2-4-8(5-7)10-6-9(11(14)18)12(16-10)17-13(15)19/h2-6,16H,1H3,(H2,14,18)(H3,15,17,19). The van der Waals surface area contributed by atoms with Gasteiger partial charge in [-0.15, -0.1) is 0 Å². The summed E-state index contributed by atoms with van der Waals surface area (Å²) in [6.07, 6.45) is 0. The van der Waals surface area contributed by atoms with Crippen LogP contribution >= 0.6 is 0 Å². The fourth-order valence-corrected chi connectivity index (χ4v) is 1.84. The lowest BCUT2D eigenvalue weighted by molar-refractivity contribution is 0.100. The molecule has 1 aromatic carbocycles. The van der Waals surface area contributed by atoms with Crippen LogP contribution in [0.1, 0.15) is 15.9 Å². The Bertz CT molecular complexity index is 646. The summed E-state index contributed by atoms with van der Waals surface area (Å²) in [5.41, 5.74) is 13.1. The first kappa shape index (κ1) is 12.7. The van der Waals surface area contributed by atoms with E-state index in [1.54, 1.807) is 6.07 Å². The van der Waals surface area contributed by atoms with Crippen molar-refractivity contribution in [1.82, 2.24) is 4.98 Å². The highest BCUT2D eigenvalue weighted by atomic mass is 16.2. The summed E-state index contributed by atoms with van der Waals surface area (Å²) in [6.45, 7) is 1.96. The van der Waals surface area contributed by atoms with Gasteiger partial charge in [0.05, 0.1) is 5.56 Å². The molecule has 0 aliphatic carbocycles. The quantitative estimate of drug-likeness (QED) is 0.669. The zero-order valence-corrected chi connectivity index (χ0v) is 10.4. The van der Waals surface area contributed by atoms with Gasteiger partial charge in [0.15, 0.2) is 0 Å². The number of urea groups is 1. The van der Waals surface area contributed by atoms with E-state index in [4.69, 9.17) is 11.5 Å². The summed E-state index contributed by atoms with van der Waals surface area (Å²) in [6, 6.07) is 8.52. The SMILES string of the molecule is Cc1cccc(-c2cc(C(N)=O)c(NC(N)=O)[nH]2)c1. The normalized spacial score (nSPS) is 10.2. The van der Waals surface area contributed by atoms with Gasteiger partial charge in [-0.25, -0.2) is 4.79 Å². The molecule has 0 fully saturated rings. The minimum absolute atomic E-state index is 0.190. The van der Waals surface area contributed by atoms with Crippen molar-refractivity contribution in [3.63, 3.8) is 0 Å². The van der Waals surface area contributed by atoms with Gasteiger partial charge < -0.3 is 16.5 Å². The first-order valence-electron chi connectivity index (χ1n) is 5.63. The molecule has 0 aliphatic heterocycles. The molecule has 0 unspecified atom stereocenters. The van der Waals surface area contributed by atoms with E-state index >= 15 is 0 Å². The maximum Gasteiger partial charge on any atom is 0.317 e. The Morgan fingerprint density at radius 1 is 1.21 bits per heavy atom. The van der Waals surface area contributed by atoms with Crippen molar-refractivity contribution < 1.29 is 9.59 Å². The molecule has 2 rings (SSSR count). The van der Waals surface area contributed by atoms with Crippen molar-refractivity contribution in [3.8, 4) is 11.3 Å². The van der Waals surface area contributed by atoms with E-state index < -0.39 is 11.9 Å². The summed E-state index contributed by atoms with van der Waals surface area (Å²) in [5.74, 6) is -0.435. The molecule has 1 aromatic heterocycles. The van der Waals surface area contributed by atoms with Crippen LogP contribution < -0.4 is 16.8 Å². The van der Waals surface area contributed by atoms with Gasteiger partial charge in [-0.2, -0.15) is 0 Å². The number of aromatic amines is 1. The zero-order valence-electron chi connectivity index (χ0n) is 10.4. The summed E-state index contributed by atoms with van der Waals surface area (Å²) in [4.78, 5) is 25.1. The van der Waals surface area contributed by atoms with Crippen LogP contribution in [0.5, 0.6) is 0 Å². The van der Waals surface area contributed by atoms with Crippen LogP contribution in [0.3, 0.4) is 0 Å². The largest absolute Gasteiger partial charge is 0.365 e. The van der Waals surface area contributed by atoms with Crippen LogP contribution in [0, 0.1) is 6.92 Å². The van der Waals surface area contributed by atoms with E-state index in [1.165, 1.54) is 0 Å². The molecular weight excluding hydrogens is 244 g/mol. The van der Waals surface area contributed by atoms with E-state index in [2.05, 4.69) is 10.3 Å². The fraction of sp³-hybridized carbons (Fsp3) is 0.0769. The van der Waals surface area contributed by atoms with Crippen molar-refractivity contribution in [2.45, 2.75) is 6.92 Å². The summed E-state index contributed by atoms with van der Waals surface area (Å²) < 4.78 is 0. The third-order valence-electron chi connectivity index (χ3n) is 2.66. The molecule has 19 heavy (non-hydrogen) atoms. The summed E-state index contributed by atoms with van der Waals surface area (Å²) in [5, 5.41) is 2.34. The number of hydrogen-bond acceptors (Lipinski definition) is 2.